The van der Waals surface area contributed by atoms with Crippen molar-refractivity contribution in [2.24, 2.45) is 5.73 Å². The molecule has 0 fully saturated rings. The minimum Gasteiger partial charge on any atom is -0.466 e. The smallest absolute Gasteiger partial charge is 0.307 e. The molecule has 0 bridgehead atoms. The number of halogens is 2. The van der Waals surface area contributed by atoms with Crippen molar-refractivity contribution in [2.75, 3.05) is 6.61 Å². The molecule has 1 aromatic carbocycles. The van der Waals surface area contributed by atoms with E-state index in [2.05, 4.69) is 0 Å². The Labute approximate surface area is 125 Å². The summed E-state index contributed by atoms with van der Waals surface area (Å²) in [5.41, 5.74) is 7.11. The van der Waals surface area contributed by atoms with Crippen molar-refractivity contribution in [1.29, 1.82) is 0 Å². The average molecular weight is 306 g/mol. The molecule has 2 N–H and O–H groups in total. The van der Waals surface area contributed by atoms with Crippen LogP contribution in [0, 0.1) is 0 Å². The highest BCUT2D eigenvalue weighted by atomic mass is 35.5. The van der Waals surface area contributed by atoms with Gasteiger partial charge in [-0.1, -0.05) is 23.7 Å². The summed E-state index contributed by atoms with van der Waals surface area (Å²) >= 11 is 5.81. The lowest BCUT2D eigenvalue weighted by molar-refractivity contribution is -0.143. The normalized spacial score (nSPS) is 11.5. The summed E-state index contributed by atoms with van der Waals surface area (Å²) in [6, 6.07) is 7.68. The minimum atomic E-state index is -0.212. The largest absolute Gasteiger partial charge is 0.466 e. The number of nitrogens with two attached hydrogens (primary N) is 1. The van der Waals surface area contributed by atoms with E-state index in [1.165, 1.54) is 5.56 Å². The van der Waals surface area contributed by atoms with Gasteiger partial charge in [0.05, 0.1) is 13.0 Å². The number of esters is 1. The highest BCUT2D eigenvalue weighted by molar-refractivity contribution is 6.30. The number of hydrogen-bond donors (Lipinski definition) is 1. The van der Waals surface area contributed by atoms with Crippen molar-refractivity contribution in [1.82, 2.24) is 0 Å². The van der Waals surface area contributed by atoms with Gasteiger partial charge in [0.1, 0.15) is 0 Å². The van der Waals surface area contributed by atoms with E-state index in [0.717, 1.165) is 24.3 Å². The van der Waals surface area contributed by atoms with E-state index in [4.69, 9.17) is 22.1 Å². The molecule has 0 heterocycles. The van der Waals surface area contributed by atoms with Crippen LogP contribution in [0.4, 0.5) is 0 Å². The fourth-order valence-corrected chi connectivity index (χ4v) is 1.88. The average Bonchev–Trinajstić information content (AvgIpc) is 2.32. The van der Waals surface area contributed by atoms with Gasteiger partial charge < -0.3 is 10.5 Å². The number of ether oxygens (including phenoxy) is 1. The minimum absolute atomic E-state index is 0. The number of rotatable bonds is 7. The second kappa shape index (κ2) is 10.1. The maximum absolute atomic E-state index is 11.2. The molecule has 0 aliphatic heterocycles. The number of benzene rings is 1. The predicted octanol–water partition coefficient (Wildman–Crippen LogP) is 3.37. The van der Waals surface area contributed by atoms with Crippen LogP contribution < -0.4 is 5.73 Å². The van der Waals surface area contributed by atoms with Crippen molar-refractivity contribution >= 4 is 30.0 Å². The predicted molar refractivity (Wildman–Crippen MR) is 80.9 cm³/mol. The molecular formula is C14H21Cl2NO2. The lowest BCUT2D eigenvalue weighted by atomic mass is 10.0. The molecular weight excluding hydrogens is 285 g/mol. The summed E-state index contributed by atoms with van der Waals surface area (Å²) in [6.07, 6.45) is 3.03. The first kappa shape index (κ1) is 18.2. The van der Waals surface area contributed by atoms with Crippen molar-refractivity contribution in [3.63, 3.8) is 0 Å². The van der Waals surface area contributed by atoms with Crippen LogP contribution in [0.3, 0.4) is 0 Å². The van der Waals surface area contributed by atoms with E-state index in [1.54, 1.807) is 6.92 Å². The number of carbonyl (C=O) groups is 1. The van der Waals surface area contributed by atoms with Crippen LogP contribution in [-0.2, 0) is 16.0 Å². The van der Waals surface area contributed by atoms with Gasteiger partial charge in [0.25, 0.3) is 0 Å². The van der Waals surface area contributed by atoms with Gasteiger partial charge >= 0.3 is 5.97 Å². The quantitative estimate of drug-likeness (QED) is 0.786. The van der Waals surface area contributed by atoms with Crippen molar-refractivity contribution in [2.45, 2.75) is 38.6 Å². The third-order valence-corrected chi connectivity index (χ3v) is 2.94. The van der Waals surface area contributed by atoms with Gasteiger partial charge in [-0.25, -0.2) is 0 Å². The molecule has 0 saturated heterocycles. The van der Waals surface area contributed by atoms with Gasteiger partial charge in [-0.2, -0.15) is 0 Å². The molecule has 0 aliphatic carbocycles. The van der Waals surface area contributed by atoms with E-state index < -0.39 is 0 Å². The molecule has 0 unspecified atom stereocenters. The molecule has 0 spiro atoms. The van der Waals surface area contributed by atoms with E-state index in [1.807, 2.05) is 24.3 Å². The zero-order valence-corrected chi connectivity index (χ0v) is 12.7. The zero-order chi connectivity index (χ0) is 13.4. The van der Waals surface area contributed by atoms with Crippen LogP contribution >= 0.6 is 24.0 Å². The first-order chi connectivity index (χ1) is 8.61. The van der Waals surface area contributed by atoms with E-state index in [0.29, 0.717) is 13.0 Å². The summed E-state index contributed by atoms with van der Waals surface area (Å²) < 4.78 is 4.86. The van der Waals surface area contributed by atoms with E-state index in [-0.39, 0.29) is 24.4 Å². The van der Waals surface area contributed by atoms with Gasteiger partial charge in [-0.05, 0) is 43.9 Å². The van der Waals surface area contributed by atoms with E-state index >= 15 is 0 Å². The van der Waals surface area contributed by atoms with Crippen LogP contribution in [0.25, 0.3) is 0 Å². The van der Waals surface area contributed by atoms with Gasteiger partial charge in [-0.15, -0.1) is 12.4 Å². The molecule has 19 heavy (non-hydrogen) atoms. The number of carbonyl (C=O) groups excluding carboxylic acids is 1. The Balaban J connectivity index is 0.00000324. The van der Waals surface area contributed by atoms with Crippen LogP contribution in [0.5, 0.6) is 0 Å². The maximum atomic E-state index is 11.2. The topological polar surface area (TPSA) is 52.3 Å². The molecule has 0 amide bonds. The molecule has 0 aliphatic rings. The second-order valence-corrected chi connectivity index (χ2v) is 4.72. The molecule has 108 valence electrons. The molecule has 3 nitrogen and oxygen atoms in total. The third kappa shape index (κ3) is 8.09. The van der Waals surface area contributed by atoms with Crippen molar-refractivity contribution in [3.8, 4) is 0 Å². The van der Waals surface area contributed by atoms with Gasteiger partial charge in [0.2, 0.25) is 0 Å². The van der Waals surface area contributed by atoms with Crippen LogP contribution in [0.2, 0.25) is 5.02 Å². The fourth-order valence-electron chi connectivity index (χ4n) is 1.76. The zero-order valence-electron chi connectivity index (χ0n) is 11.1. The molecule has 0 radical (unpaired) electrons. The molecule has 1 aromatic rings. The molecule has 5 heteroatoms. The standard InChI is InChI=1S/C14H20ClNO2.ClH/c1-2-18-14(17)10-13(16)5-3-4-11-6-8-12(15)9-7-11;/h6-9,13H,2-5,10,16H2,1H3;1H/t13-;/m0./s1. The van der Waals surface area contributed by atoms with Gasteiger partial charge in [0, 0.05) is 11.1 Å². The summed E-state index contributed by atoms with van der Waals surface area (Å²) in [7, 11) is 0. The Morgan fingerprint density at radius 3 is 2.58 bits per heavy atom. The summed E-state index contributed by atoms with van der Waals surface area (Å²) in [5.74, 6) is -0.212. The molecule has 1 atom stereocenters. The summed E-state index contributed by atoms with van der Waals surface area (Å²) in [4.78, 5) is 11.2. The number of aryl methyl sites for hydroxylation is 1. The maximum Gasteiger partial charge on any atom is 0.307 e. The Morgan fingerprint density at radius 2 is 2.00 bits per heavy atom. The Kier molecular flexibility index (Phi) is 9.66. The Bertz CT molecular complexity index is 368. The third-order valence-electron chi connectivity index (χ3n) is 2.69. The second-order valence-electron chi connectivity index (χ2n) is 4.29. The van der Waals surface area contributed by atoms with Gasteiger partial charge in [0.15, 0.2) is 0 Å². The van der Waals surface area contributed by atoms with Crippen LogP contribution in [0.1, 0.15) is 31.7 Å². The molecule has 0 saturated carbocycles. The monoisotopic (exact) mass is 305 g/mol. The highest BCUT2D eigenvalue weighted by Gasteiger charge is 2.09. The fraction of sp³-hybridized carbons (Fsp3) is 0.500. The SMILES string of the molecule is CCOC(=O)C[C@@H](N)CCCc1ccc(Cl)cc1.Cl. The van der Waals surface area contributed by atoms with Crippen molar-refractivity contribution in [3.05, 3.63) is 34.9 Å². The highest BCUT2D eigenvalue weighted by Crippen LogP contribution is 2.12. The lowest BCUT2D eigenvalue weighted by Crippen LogP contribution is -2.25. The van der Waals surface area contributed by atoms with Crippen molar-refractivity contribution < 1.29 is 9.53 Å². The summed E-state index contributed by atoms with van der Waals surface area (Å²) in [6.45, 7) is 2.21. The number of hydrogen-bond acceptors (Lipinski definition) is 3. The first-order valence-corrected chi connectivity index (χ1v) is 6.65. The Hall–Kier alpha value is -0.770. The Morgan fingerprint density at radius 1 is 1.37 bits per heavy atom. The molecule has 0 aromatic heterocycles. The first-order valence-electron chi connectivity index (χ1n) is 6.27. The summed E-state index contributed by atoms with van der Waals surface area (Å²) in [5, 5.41) is 0.748. The van der Waals surface area contributed by atoms with E-state index in [9.17, 15) is 4.79 Å². The van der Waals surface area contributed by atoms with Crippen LogP contribution in [-0.4, -0.2) is 18.6 Å². The van der Waals surface area contributed by atoms with Gasteiger partial charge in [-0.3, -0.25) is 4.79 Å². The van der Waals surface area contributed by atoms with Crippen LogP contribution in [0.15, 0.2) is 24.3 Å². The molecule has 1 rings (SSSR count). The lowest BCUT2D eigenvalue weighted by Gasteiger charge is -2.10.